The molecule has 0 aliphatic carbocycles. The standard InChI is InChI=1S/C15H22N2O3S/c1-3-17(4-2)21(19,20)16-13-15-11-6-5-9-14(15)10-7-8-12-18/h5-6,9,11,16,18H,3-4,8,12-13H2,1-2H3. The van der Waals surface area contributed by atoms with Crippen LogP contribution in [-0.2, 0) is 16.8 Å². The monoisotopic (exact) mass is 310 g/mol. The first kappa shape index (κ1) is 17.7. The maximum Gasteiger partial charge on any atom is 0.279 e. The zero-order valence-electron chi connectivity index (χ0n) is 12.5. The van der Waals surface area contributed by atoms with Crippen molar-refractivity contribution < 1.29 is 13.5 Å². The summed E-state index contributed by atoms with van der Waals surface area (Å²) >= 11 is 0. The van der Waals surface area contributed by atoms with Gasteiger partial charge in [0.1, 0.15) is 0 Å². The lowest BCUT2D eigenvalue weighted by Crippen LogP contribution is -2.40. The predicted octanol–water partition coefficient (Wildman–Crippen LogP) is 1.10. The number of benzene rings is 1. The molecule has 0 spiro atoms. The van der Waals surface area contributed by atoms with Crippen molar-refractivity contribution in [3.05, 3.63) is 35.4 Å². The highest BCUT2D eigenvalue weighted by molar-refractivity contribution is 7.87. The van der Waals surface area contributed by atoms with Gasteiger partial charge in [-0.25, -0.2) is 0 Å². The van der Waals surface area contributed by atoms with Gasteiger partial charge in [0, 0.05) is 31.6 Å². The molecule has 0 aliphatic heterocycles. The van der Waals surface area contributed by atoms with E-state index in [1.807, 2.05) is 24.3 Å². The summed E-state index contributed by atoms with van der Waals surface area (Å²) in [6.45, 7) is 4.69. The van der Waals surface area contributed by atoms with Crippen LogP contribution in [0.4, 0.5) is 0 Å². The third kappa shape index (κ3) is 5.48. The van der Waals surface area contributed by atoms with Crippen molar-refractivity contribution in [2.45, 2.75) is 26.8 Å². The van der Waals surface area contributed by atoms with Crippen molar-refractivity contribution in [3.8, 4) is 11.8 Å². The Labute approximate surface area is 127 Å². The van der Waals surface area contributed by atoms with E-state index in [0.29, 0.717) is 19.5 Å². The molecule has 2 N–H and O–H groups in total. The van der Waals surface area contributed by atoms with Gasteiger partial charge in [0.05, 0.1) is 6.61 Å². The number of aliphatic hydroxyl groups excluding tert-OH is 1. The van der Waals surface area contributed by atoms with Crippen molar-refractivity contribution in [1.29, 1.82) is 0 Å². The van der Waals surface area contributed by atoms with Crippen LogP contribution in [0.15, 0.2) is 24.3 Å². The SMILES string of the molecule is CCN(CC)S(=O)(=O)NCc1ccccc1C#CCCO. The van der Waals surface area contributed by atoms with Crippen molar-refractivity contribution in [2.24, 2.45) is 0 Å². The van der Waals surface area contributed by atoms with Gasteiger partial charge < -0.3 is 5.11 Å². The van der Waals surface area contributed by atoms with Gasteiger partial charge in [-0.15, -0.1) is 0 Å². The van der Waals surface area contributed by atoms with E-state index >= 15 is 0 Å². The summed E-state index contributed by atoms with van der Waals surface area (Å²) in [5.74, 6) is 5.80. The molecule has 116 valence electrons. The summed E-state index contributed by atoms with van der Waals surface area (Å²) in [4.78, 5) is 0. The van der Waals surface area contributed by atoms with Crippen molar-refractivity contribution >= 4 is 10.2 Å². The molecule has 0 unspecified atom stereocenters. The summed E-state index contributed by atoms with van der Waals surface area (Å²) in [6, 6.07) is 7.38. The summed E-state index contributed by atoms with van der Waals surface area (Å²) in [5, 5.41) is 8.74. The first-order valence-electron chi connectivity index (χ1n) is 6.97. The van der Waals surface area contributed by atoms with Gasteiger partial charge in [0.2, 0.25) is 0 Å². The lowest BCUT2D eigenvalue weighted by Gasteiger charge is -2.19. The molecule has 0 aromatic heterocycles. The molecule has 0 heterocycles. The Morgan fingerprint density at radius 1 is 1.24 bits per heavy atom. The van der Waals surface area contributed by atoms with Gasteiger partial charge in [-0.3, -0.25) is 0 Å². The number of hydrogen-bond donors (Lipinski definition) is 2. The fraction of sp³-hybridized carbons (Fsp3) is 0.467. The van der Waals surface area contributed by atoms with E-state index in [0.717, 1.165) is 11.1 Å². The second-order valence-electron chi connectivity index (χ2n) is 4.34. The minimum Gasteiger partial charge on any atom is -0.395 e. The summed E-state index contributed by atoms with van der Waals surface area (Å²) in [7, 11) is -3.47. The number of nitrogens with one attached hydrogen (secondary N) is 1. The molecule has 0 amide bonds. The Kier molecular flexibility index (Phi) is 7.40. The first-order chi connectivity index (χ1) is 10.0. The molecule has 0 aliphatic rings. The summed E-state index contributed by atoms with van der Waals surface area (Å²) in [6.07, 6.45) is 0.402. The van der Waals surface area contributed by atoms with Gasteiger partial charge in [-0.1, -0.05) is 43.9 Å². The van der Waals surface area contributed by atoms with E-state index in [4.69, 9.17) is 5.11 Å². The summed E-state index contributed by atoms with van der Waals surface area (Å²) in [5.41, 5.74) is 1.59. The lowest BCUT2D eigenvalue weighted by molar-refractivity contribution is 0.305. The second-order valence-corrected chi connectivity index (χ2v) is 6.10. The molecule has 0 fully saturated rings. The Bertz CT molecular complexity index is 599. The third-order valence-corrected chi connectivity index (χ3v) is 4.67. The highest BCUT2D eigenvalue weighted by Gasteiger charge is 2.17. The normalized spacial score (nSPS) is 11.2. The third-order valence-electron chi connectivity index (χ3n) is 2.97. The number of rotatable bonds is 7. The average Bonchev–Trinajstić information content (AvgIpc) is 2.47. The van der Waals surface area contributed by atoms with E-state index in [-0.39, 0.29) is 13.2 Å². The molecule has 1 aromatic carbocycles. The van der Waals surface area contributed by atoms with Gasteiger partial charge in [0.25, 0.3) is 10.2 Å². The van der Waals surface area contributed by atoms with Crippen LogP contribution >= 0.6 is 0 Å². The van der Waals surface area contributed by atoms with E-state index in [2.05, 4.69) is 16.6 Å². The van der Waals surface area contributed by atoms with E-state index < -0.39 is 10.2 Å². The van der Waals surface area contributed by atoms with Crippen molar-refractivity contribution in [2.75, 3.05) is 19.7 Å². The second kappa shape index (κ2) is 8.80. The first-order valence-corrected chi connectivity index (χ1v) is 8.41. The van der Waals surface area contributed by atoms with Crippen molar-refractivity contribution in [3.63, 3.8) is 0 Å². The van der Waals surface area contributed by atoms with Crippen LogP contribution in [0.2, 0.25) is 0 Å². The van der Waals surface area contributed by atoms with Crippen LogP contribution in [0, 0.1) is 11.8 Å². The zero-order chi connectivity index (χ0) is 15.7. The van der Waals surface area contributed by atoms with Crippen LogP contribution in [0.3, 0.4) is 0 Å². The number of hydrogen-bond acceptors (Lipinski definition) is 3. The molecule has 0 radical (unpaired) electrons. The Morgan fingerprint density at radius 2 is 1.90 bits per heavy atom. The molecular formula is C15H22N2O3S. The smallest absolute Gasteiger partial charge is 0.279 e. The highest BCUT2D eigenvalue weighted by atomic mass is 32.2. The van der Waals surface area contributed by atoms with Crippen LogP contribution in [-0.4, -0.2) is 37.5 Å². The van der Waals surface area contributed by atoms with Crippen molar-refractivity contribution in [1.82, 2.24) is 9.03 Å². The molecule has 1 aromatic rings. The molecular weight excluding hydrogens is 288 g/mol. The minimum atomic E-state index is -3.47. The number of nitrogens with zero attached hydrogens (tertiary/aromatic N) is 1. The van der Waals surface area contributed by atoms with E-state index in [9.17, 15) is 8.42 Å². The molecule has 21 heavy (non-hydrogen) atoms. The molecule has 1 rings (SSSR count). The summed E-state index contributed by atoms with van der Waals surface area (Å²) < 4.78 is 28.1. The lowest BCUT2D eigenvalue weighted by atomic mass is 10.1. The minimum absolute atomic E-state index is 0.0176. The quantitative estimate of drug-likeness (QED) is 0.741. The van der Waals surface area contributed by atoms with Crippen LogP contribution in [0.5, 0.6) is 0 Å². The zero-order valence-corrected chi connectivity index (χ0v) is 13.3. The van der Waals surface area contributed by atoms with Gasteiger partial charge in [-0.05, 0) is 11.6 Å². The molecule has 0 saturated carbocycles. The Hall–Kier alpha value is -1.39. The fourth-order valence-corrected chi connectivity index (χ4v) is 3.03. The average molecular weight is 310 g/mol. The maximum absolute atomic E-state index is 12.1. The topological polar surface area (TPSA) is 69.6 Å². The number of aliphatic hydroxyl groups is 1. The predicted molar refractivity (Wildman–Crippen MR) is 83.7 cm³/mol. The molecule has 0 bridgehead atoms. The molecule has 6 heteroatoms. The highest BCUT2D eigenvalue weighted by Crippen LogP contribution is 2.08. The molecule has 0 atom stereocenters. The maximum atomic E-state index is 12.1. The largest absolute Gasteiger partial charge is 0.395 e. The molecule has 0 saturated heterocycles. The van der Waals surface area contributed by atoms with E-state index in [1.165, 1.54) is 4.31 Å². The van der Waals surface area contributed by atoms with Crippen LogP contribution in [0.25, 0.3) is 0 Å². The fourth-order valence-electron chi connectivity index (χ4n) is 1.83. The van der Waals surface area contributed by atoms with Gasteiger partial charge in [0.15, 0.2) is 0 Å². The Balaban J connectivity index is 2.83. The Morgan fingerprint density at radius 3 is 2.52 bits per heavy atom. The van der Waals surface area contributed by atoms with E-state index in [1.54, 1.807) is 13.8 Å². The van der Waals surface area contributed by atoms with Crippen LogP contribution < -0.4 is 4.72 Å². The molecule has 5 nitrogen and oxygen atoms in total. The van der Waals surface area contributed by atoms with Gasteiger partial charge in [-0.2, -0.15) is 17.4 Å². The van der Waals surface area contributed by atoms with Crippen LogP contribution in [0.1, 0.15) is 31.4 Å². The van der Waals surface area contributed by atoms with Gasteiger partial charge >= 0.3 is 0 Å².